The van der Waals surface area contributed by atoms with Gasteiger partial charge in [0.15, 0.2) is 6.61 Å². The summed E-state index contributed by atoms with van der Waals surface area (Å²) >= 11 is 0. The first-order valence-corrected chi connectivity index (χ1v) is 11.8. The molecule has 0 unspecified atom stereocenters. The second kappa shape index (κ2) is 9.05. The van der Waals surface area contributed by atoms with Crippen LogP contribution in [0.4, 0.5) is 5.69 Å². The van der Waals surface area contributed by atoms with Crippen molar-refractivity contribution in [1.82, 2.24) is 4.90 Å². The van der Waals surface area contributed by atoms with Crippen molar-refractivity contribution < 1.29 is 22.7 Å². The topological polar surface area (TPSA) is 105 Å². The van der Waals surface area contributed by atoms with E-state index >= 15 is 0 Å². The summed E-state index contributed by atoms with van der Waals surface area (Å²) in [6.45, 7) is 8.00. The number of esters is 1. The van der Waals surface area contributed by atoms with Crippen molar-refractivity contribution in [3.63, 3.8) is 0 Å². The number of ether oxygens (including phenoxy) is 1. The van der Waals surface area contributed by atoms with Crippen LogP contribution in [0.5, 0.6) is 0 Å². The minimum absolute atomic E-state index is 0.126. The first-order valence-electron chi connectivity index (χ1n) is 10.2. The third kappa shape index (κ3) is 5.41. The molecule has 2 heterocycles. The molecule has 0 atom stereocenters. The molecule has 9 heteroatoms. The van der Waals surface area contributed by atoms with Gasteiger partial charge in [0.25, 0.3) is 15.9 Å². The largest absolute Gasteiger partial charge is 0.452 e. The van der Waals surface area contributed by atoms with Gasteiger partial charge in [-0.05, 0) is 35.1 Å². The summed E-state index contributed by atoms with van der Waals surface area (Å²) in [6, 6.07) is 5.94. The Hall–Kier alpha value is -2.94. The van der Waals surface area contributed by atoms with Crippen LogP contribution in [0.25, 0.3) is 0 Å². The number of sulfonamides is 1. The van der Waals surface area contributed by atoms with Crippen molar-refractivity contribution in [2.24, 2.45) is 4.40 Å². The molecule has 2 aliphatic rings. The van der Waals surface area contributed by atoms with E-state index in [-0.39, 0.29) is 35.5 Å². The van der Waals surface area contributed by atoms with Crippen molar-refractivity contribution in [1.29, 1.82) is 0 Å². The van der Waals surface area contributed by atoms with Crippen LogP contribution in [0.15, 0.2) is 46.5 Å². The maximum Gasteiger partial charge on any atom is 0.340 e. The molecule has 0 aromatic heterocycles. The Balaban J connectivity index is 1.66. The maximum absolute atomic E-state index is 12.5. The second-order valence-corrected chi connectivity index (χ2v) is 9.85. The van der Waals surface area contributed by atoms with E-state index in [9.17, 15) is 18.0 Å². The number of nitrogens with one attached hydrogen (secondary N) is 1. The van der Waals surface area contributed by atoms with E-state index in [0.717, 1.165) is 16.8 Å². The number of amidine groups is 1. The Morgan fingerprint density at radius 2 is 1.77 bits per heavy atom. The minimum Gasteiger partial charge on any atom is -0.452 e. The fraction of sp³-hybridized carbons (Fsp3) is 0.409. The fourth-order valence-corrected chi connectivity index (χ4v) is 4.38. The molecule has 0 spiro atoms. The van der Waals surface area contributed by atoms with Gasteiger partial charge in [-0.2, -0.15) is 0 Å². The number of benzene rings is 1. The fourth-order valence-electron chi connectivity index (χ4n) is 3.41. The van der Waals surface area contributed by atoms with Gasteiger partial charge in [0.2, 0.25) is 0 Å². The number of nitrogens with zero attached hydrogens (tertiary/aromatic N) is 2. The van der Waals surface area contributed by atoms with Crippen LogP contribution in [0.3, 0.4) is 0 Å². The highest BCUT2D eigenvalue weighted by atomic mass is 32.2. The zero-order valence-electron chi connectivity index (χ0n) is 18.1. The summed E-state index contributed by atoms with van der Waals surface area (Å²) in [5.41, 5.74) is 3.03. The number of fused-ring (bicyclic) bond motifs is 1. The Morgan fingerprint density at radius 3 is 2.39 bits per heavy atom. The molecule has 1 aromatic carbocycles. The minimum atomic E-state index is -3.46. The normalized spacial score (nSPS) is 17.2. The van der Waals surface area contributed by atoms with Crippen LogP contribution < -0.4 is 5.32 Å². The number of hydrogen-bond donors (Lipinski definition) is 1. The van der Waals surface area contributed by atoms with Gasteiger partial charge in [-0.3, -0.25) is 4.79 Å². The van der Waals surface area contributed by atoms with Crippen molar-refractivity contribution in [2.75, 3.05) is 24.2 Å². The summed E-state index contributed by atoms with van der Waals surface area (Å²) in [5, 5.41) is 2.90. The van der Waals surface area contributed by atoms with E-state index < -0.39 is 28.5 Å². The van der Waals surface area contributed by atoms with E-state index in [1.807, 2.05) is 18.2 Å². The number of rotatable bonds is 6. The molecular formula is C22H27N3O5S. The molecule has 0 saturated carbocycles. The molecule has 0 radical (unpaired) electrons. The number of para-hydroxylation sites is 1. The predicted octanol–water partition coefficient (Wildman–Crippen LogP) is 2.91. The van der Waals surface area contributed by atoms with Crippen molar-refractivity contribution in [2.45, 2.75) is 39.5 Å². The average molecular weight is 446 g/mol. The smallest absolute Gasteiger partial charge is 0.340 e. The quantitative estimate of drug-likeness (QED) is 0.675. The lowest BCUT2D eigenvalue weighted by molar-refractivity contribution is -0.143. The monoisotopic (exact) mass is 445 g/mol. The van der Waals surface area contributed by atoms with E-state index in [2.05, 4.69) is 37.4 Å². The predicted molar refractivity (Wildman–Crippen MR) is 119 cm³/mol. The van der Waals surface area contributed by atoms with Gasteiger partial charge in [0.05, 0.1) is 11.3 Å². The Bertz CT molecular complexity index is 1060. The summed E-state index contributed by atoms with van der Waals surface area (Å²) in [4.78, 5) is 26.5. The summed E-state index contributed by atoms with van der Waals surface area (Å²) in [6.07, 6.45) is 4.36. The van der Waals surface area contributed by atoms with Crippen LogP contribution in [0.1, 0.15) is 50.7 Å². The molecule has 1 N–H and O–H groups in total. The number of carbonyl (C=O) groups is 2. The molecule has 2 aliphatic heterocycles. The van der Waals surface area contributed by atoms with E-state index in [1.165, 1.54) is 18.4 Å². The lowest BCUT2D eigenvalue weighted by Gasteiger charge is -2.26. The van der Waals surface area contributed by atoms with E-state index in [0.29, 0.717) is 0 Å². The molecule has 166 valence electrons. The van der Waals surface area contributed by atoms with E-state index in [4.69, 9.17) is 4.74 Å². The second-order valence-electron chi connectivity index (χ2n) is 8.09. The third-order valence-electron chi connectivity index (χ3n) is 5.03. The summed E-state index contributed by atoms with van der Waals surface area (Å²) in [5.74, 6) is -0.516. The summed E-state index contributed by atoms with van der Waals surface area (Å²) in [7, 11) is -3.46. The first kappa shape index (κ1) is 22.7. The van der Waals surface area contributed by atoms with Crippen LogP contribution >= 0.6 is 0 Å². The highest BCUT2D eigenvalue weighted by Gasteiger charge is 2.26. The molecule has 3 rings (SSSR count). The standard InChI is InChI=1S/C22H27N3O5S/c1-14(2)17-6-5-7-18(15(3)4)21(17)23-20(26)13-30-22(27)16-8-9-19-24-31(28,29)11-10-25(19)12-16/h5-9,12,14-15H,10-11,13H2,1-4H3,(H,23,26). The van der Waals surface area contributed by atoms with Crippen molar-refractivity contribution in [3.8, 4) is 0 Å². The van der Waals surface area contributed by atoms with Crippen LogP contribution in [-0.2, 0) is 24.3 Å². The molecule has 1 amide bonds. The van der Waals surface area contributed by atoms with Gasteiger partial charge in [-0.15, -0.1) is 4.40 Å². The molecule has 0 saturated heterocycles. The zero-order chi connectivity index (χ0) is 22.8. The number of carbonyl (C=O) groups excluding carboxylic acids is 2. The lowest BCUT2D eigenvalue weighted by Crippen LogP contribution is -2.37. The van der Waals surface area contributed by atoms with Crippen molar-refractivity contribution >= 4 is 33.4 Å². The van der Waals surface area contributed by atoms with Gasteiger partial charge in [0.1, 0.15) is 5.84 Å². The Labute approximate surface area is 182 Å². The van der Waals surface area contributed by atoms with Crippen LogP contribution in [0.2, 0.25) is 0 Å². The highest BCUT2D eigenvalue weighted by Crippen LogP contribution is 2.32. The van der Waals surface area contributed by atoms with Crippen molar-refractivity contribution in [3.05, 3.63) is 53.3 Å². The number of amides is 1. The molecule has 0 aliphatic carbocycles. The van der Waals surface area contributed by atoms with Gasteiger partial charge in [0, 0.05) is 18.4 Å². The zero-order valence-corrected chi connectivity index (χ0v) is 18.9. The SMILES string of the molecule is CC(C)c1cccc(C(C)C)c1NC(=O)COC(=O)C1=CN2CCS(=O)(=O)N=C2C=C1. The Morgan fingerprint density at radius 1 is 1.13 bits per heavy atom. The molecule has 8 nitrogen and oxygen atoms in total. The van der Waals surface area contributed by atoms with Gasteiger partial charge in [-0.1, -0.05) is 45.9 Å². The molecule has 31 heavy (non-hydrogen) atoms. The average Bonchev–Trinajstić information content (AvgIpc) is 2.70. The number of hydrogen-bond acceptors (Lipinski definition) is 6. The van der Waals surface area contributed by atoms with Gasteiger partial charge < -0.3 is 15.0 Å². The number of anilines is 1. The first-order chi connectivity index (χ1) is 14.6. The summed E-state index contributed by atoms with van der Waals surface area (Å²) < 4.78 is 32.0. The van der Waals surface area contributed by atoms with E-state index in [1.54, 1.807) is 4.90 Å². The van der Waals surface area contributed by atoms with Gasteiger partial charge >= 0.3 is 5.97 Å². The Kier molecular flexibility index (Phi) is 6.64. The lowest BCUT2D eigenvalue weighted by atomic mass is 9.92. The van der Waals surface area contributed by atoms with Crippen LogP contribution in [0, 0.1) is 0 Å². The van der Waals surface area contributed by atoms with Gasteiger partial charge in [-0.25, -0.2) is 13.2 Å². The maximum atomic E-state index is 12.5. The van der Waals surface area contributed by atoms with Crippen LogP contribution in [-0.4, -0.2) is 49.9 Å². The molecular weight excluding hydrogens is 418 g/mol. The molecule has 0 fully saturated rings. The molecule has 0 bridgehead atoms. The molecule has 1 aromatic rings. The highest BCUT2D eigenvalue weighted by molar-refractivity contribution is 7.90. The third-order valence-corrected chi connectivity index (χ3v) is 6.20.